The van der Waals surface area contributed by atoms with Crippen molar-refractivity contribution in [3.05, 3.63) is 0 Å². The molecule has 0 aliphatic carbocycles. The molecule has 0 bridgehead atoms. The van der Waals surface area contributed by atoms with E-state index in [4.69, 9.17) is 5.73 Å². The highest BCUT2D eigenvalue weighted by Crippen LogP contribution is 2.20. The van der Waals surface area contributed by atoms with Crippen molar-refractivity contribution in [1.29, 1.82) is 0 Å². The lowest BCUT2D eigenvalue weighted by Crippen LogP contribution is -2.51. The number of hydrogen-bond acceptors (Lipinski definition) is 3. The van der Waals surface area contributed by atoms with E-state index < -0.39 is 5.54 Å². The average Bonchev–Trinajstić information content (AvgIpc) is 2.13. The second-order valence-electron chi connectivity index (χ2n) is 7.17. The molecule has 0 radical (unpaired) electrons. The summed E-state index contributed by atoms with van der Waals surface area (Å²) in [6.45, 7) is 12.6. The summed E-state index contributed by atoms with van der Waals surface area (Å²) >= 11 is 0. The first-order valence-corrected chi connectivity index (χ1v) is 6.91. The van der Waals surface area contributed by atoms with E-state index in [0.29, 0.717) is 12.5 Å². The first-order chi connectivity index (χ1) is 8.08. The van der Waals surface area contributed by atoms with Gasteiger partial charge in [0.25, 0.3) is 0 Å². The van der Waals surface area contributed by atoms with Gasteiger partial charge in [0.05, 0.1) is 0 Å². The molecule has 0 aromatic carbocycles. The van der Waals surface area contributed by atoms with E-state index in [-0.39, 0.29) is 11.4 Å². The van der Waals surface area contributed by atoms with Crippen LogP contribution in [0.1, 0.15) is 53.9 Å². The van der Waals surface area contributed by atoms with Gasteiger partial charge in [-0.05, 0) is 47.5 Å². The Balaban J connectivity index is 2.34. The number of rotatable bonds is 3. The van der Waals surface area contributed by atoms with Gasteiger partial charge in [-0.3, -0.25) is 9.69 Å². The molecule has 4 heteroatoms. The van der Waals surface area contributed by atoms with Gasteiger partial charge >= 0.3 is 0 Å². The molecule has 1 aliphatic rings. The fourth-order valence-electron chi connectivity index (χ4n) is 2.39. The summed E-state index contributed by atoms with van der Waals surface area (Å²) < 4.78 is 0. The van der Waals surface area contributed by atoms with Crippen LogP contribution in [0.5, 0.6) is 0 Å². The van der Waals surface area contributed by atoms with Crippen molar-refractivity contribution in [1.82, 2.24) is 10.2 Å². The van der Waals surface area contributed by atoms with E-state index >= 15 is 0 Å². The topological polar surface area (TPSA) is 58.4 Å². The van der Waals surface area contributed by atoms with Crippen molar-refractivity contribution >= 4 is 5.91 Å². The van der Waals surface area contributed by atoms with Crippen LogP contribution in [0.15, 0.2) is 0 Å². The number of nitrogens with one attached hydrogen (secondary N) is 1. The molecule has 0 atom stereocenters. The van der Waals surface area contributed by atoms with Crippen LogP contribution >= 0.6 is 0 Å². The summed E-state index contributed by atoms with van der Waals surface area (Å²) in [5, 5.41) is 3.10. The predicted molar refractivity (Wildman–Crippen MR) is 75.4 cm³/mol. The molecule has 3 N–H and O–H groups in total. The van der Waals surface area contributed by atoms with Crippen molar-refractivity contribution in [2.45, 2.75) is 71.0 Å². The molecule has 0 spiro atoms. The van der Waals surface area contributed by atoms with Crippen molar-refractivity contribution in [2.24, 2.45) is 5.73 Å². The van der Waals surface area contributed by atoms with Gasteiger partial charge in [0, 0.05) is 36.6 Å². The van der Waals surface area contributed by atoms with Gasteiger partial charge < -0.3 is 11.1 Å². The van der Waals surface area contributed by atoms with Gasteiger partial charge in [-0.1, -0.05) is 0 Å². The monoisotopic (exact) mass is 255 g/mol. The van der Waals surface area contributed by atoms with Crippen LogP contribution in [0.3, 0.4) is 0 Å². The number of carbonyl (C=O) groups excluding carboxylic acids is 1. The molecule has 1 rings (SSSR count). The third kappa shape index (κ3) is 5.36. The van der Waals surface area contributed by atoms with E-state index in [0.717, 1.165) is 25.9 Å². The van der Waals surface area contributed by atoms with E-state index in [1.807, 2.05) is 13.8 Å². The van der Waals surface area contributed by atoms with Gasteiger partial charge in [0.15, 0.2) is 0 Å². The normalized spacial score (nSPS) is 19.9. The number of carbonyl (C=O) groups is 1. The van der Waals surface area contributed by atoms with Gasteiger partial charge in [0.1, 0.15) is 0 Å². The number of piperidine rings is 1. The Hall–Kier alpha value is -0.610. The van der Waals surface area contributed by atoms with Crippen LogP contribution in [0, 0.1) is 0 Å². The number of likely N-dealkylation sites (tertiary alicyclic amines) is 1. The minimum absolute atomic E-state index is 0.0803. The summed E-state index contributed by atoms with van der Waals surface area (Å²) in [5.41, 5.74) is 5.66. The maximum absolute atomic E-state index is 11.8. The first-order valence-electron chi connectivity index (χ1n) is 6.91. The lowest BCUT2D eigenvalue weighted by Gasteiger charge is -2.41. The fraction of sp³-hybridized carbons (Fsp3) is 0.929. The standard InChI is InChI=1S/C14H29N3O/c1-13(2,3)17-8-6-11(7-9-17)16-12(18)10-14(4,5)15/h11H,6-10,15H2,1-5H3,(H,16,18). The lowest BCUT2D eigenvalue weighted by atomic mass is 9.97. The molecule has 1 fully saturated rings. The second-order valence-corrected chi connectivity index (χ2v) is 7.17. The Labute approximate surface area is 111 Å². The first kappa shape index (κ1) is 15.4. The van der Waals surface area contributed by atoms with Crippen molar-refractivity contribution in [3.63, 3.8) is 0 Å². The van der Waals surface area contributed by atoms with E-state index in [9.17, 15) is 4.79 Å². The predicted octanol–water partition coefficient (Wildman–Crippen LogP) is 1.49. The molecule has 1 heterocycles. The molecule has 0 saturated carbocycles. The average molecular weight is 255 g/mol. The highest BCUT2D eigenvalue weighted by molar-refractivity contribution is 5.77. The third-order valence-corrected chi connectivity index (χ3v) is 3.42. The summed E-state index contributed by atoms with van der Waals surface area (Å²) in [5.74, 6) is 0.0803. The third-order valence-electron chi connectivity index (χ3n) is 3.42. The fourth-order valence-corrected chi connectivity index (χ4v) is 2.39. The van der Waals surface area contributed by atoms with E-state index in [2.05, 4.69) is 31.0 Å². The highest BCUT2D eigenvalue weighted by Gasteiger charge is 2.28. The molecule has 18 heavy (non-hydrogen) atoms. The van der Waals surface area contributed by atoms with Crippen molar-refractivity contribution < 1.29 is 4.79 Å². The molecular formula is C14H29N3O. The summed E-state index contributed by atoms with van der Waals surface area (Å²) in [7, 11) is 0. The quantitative estimate of drug-likeness (QED) is 0.803. The van der Waals surface area contributed by atoms with Crippen LogP contribution in [-0.2, 0) is 4.79 Å². The number of amides is 1. The molecule has 0 aromatic heterocycles. The van der Waals surface area contributed by atoms with Gasteiger partial charge in [-0.25, -0.2) is 0 Å². The zero-order valence-electron chi connectivity index (χ0n) is 12.5. The van der Waals surface area contributed by atoms with E-state index in [1.165, 1.54) is 0 Å². The summed E-state index contributed by atoms with van der Waals surface area (Å²) in [6, 6.07) is 0.318. The largest absolute Gasteiger partial charge is 0.353 e. The maximum atomic E-state index is 11.8. The number of hydrogen-bond donors (Lipinski definition) is 2. The van der Waals surface area contributed by atoms with E-state index in [1.54, 1.807) is 0 Å². The zero-order valence-corrected chi connectivity index (χ0v) is 12.5. The second kappa shape index (κ2) is 5.57. The molecule has 1 amide bonds. The number of nitrogens with zero attached hydrogens (tertiary/aromatic N) is 1. The zero-order chi connectivity index (χ0) is 14.0. The van der Waals surface area contributed by atoms with Crippen LogP contribution in [0.2, 0.25) is 0 Å². The van der Waals surface area contributed by atoms with Crippen molar-refractivity contribution in [3.8, 4) is 0 Å². The molecule has 1 aliphatic heterocycles. The molecule has 106 valence electrons. The summed E-state index contributed by atoms with van der Waals surface area (Å²) in [6.07, 6.45) is 2.47. The van der Waals surface area contributed by atoms with Gasteiger partial charge in [-0.15, -0.1) is 0 Å². The Morgan fingerprint density at radius 3 is 2.11 bits per heavy atom. The van der Waals surface area contributed by atoms with Crippen molar-refractivity contribution in [2.75, 3.05) is 13.1 Å². The van der Waals surface area contributed by atoms with Crippen LogP contribution in [0.25, 0.3) is 0 Å². The Morgan fingerprint density at radius 1 is 1.22 bits per heavy atom. The number of nitrogens with two attached hydrogens (primary N) is 1. The molecular weight excluding hydrogens is 226 g/mol. The Bertz CT molecular complexity index is 280. The molecule has 0 unspecified atom stereocenters. The minimum atomic E-state index is -0.420. The van der Waals surface area contributed by atoms with Crippen LogP contribution in [-0.4, -0.2) is 41.0 Å². The van der Waals surface area contributed by atoms with Gasteiger partial charge in [0.2, 0.25) is 5.91 Å². The minimum Gasteiger partial charge on any atom is -0.353 e. The highest BCUT2D eigenvalue weighted by atomic mass is 16.1. The molecule has 1 saturated heterocycles. The maximum Gasteiger partial charge on any atom is 0.222 e. The van der Waals surface area contributed by atoms with Gasteiger partial charge in [-0.2, -0.15) is 0 Å². The molecule has 0 aromatic rings. The lowest BCUT2D eigenvalue weighted by molar-refractivity contribution is -0.123. The SMILES string of the molecule is CC(C)(N)CC(=O)NC1CCN(C(C)(C)C)CC1. The Morgan fingerprint density at radius 2 is 1.72 bits per heavy atom. The Kier molecular flexibility index (Phi) is 4.78. The molecule has 4 nitrogen and oxygen atoms in total. The smallest absolute Gasteiger partial charge is 0.222 e. The van der Waals surface area contributed by atoms with Crippen LogP contribution < -0.4 is 11.1 Å². The summed E-state index contributed by atoms with van der Waals surface area (Å²) in [4.78, 5) is 14.3. The van der Waals surface area contributed by atoms with Crippen LogP contribution in [0.4, 0.5) is 0 Å².